The third kappa shape index (κ3) is 4.46. The summed E-state index contributed by atoms with van der Waals surface area (Å²) < 4.78 is 6.06. The highest BCUT2D eigenvalue weighted by Gasteiger charge is 2.03. The van der Waals surface area contributed by atoms with Gasteiger partial charge in [-0.15, -0.1) is 0 Å². The van der Waals surface area contributed by atoms with Crippen LogP contribution < -0.4 is 10.1 Å². The third-order valence-electron chi connectivity index (χ3n) is 2.91. The first-order valence-corrected chi connectivity index (χ1v) is 7.27. The van der Waals surface area contributed by atoms with Gasteiger partial charge in [-0.3, -0.25) is 4.79 Å². The van der Waals surface area contributed by atoms with Crippen LogP contribution in [-0.2, 0) is 0 Å². The number of hydrogen-bond acceptors (Lipinski definition) is 3. The number of halogens is 1. The zero-order valence-electron chi connectivity index (χ0n) is 11.9. The van der Waals surface area contributed by atoms with Gasteiger partial charge in [0.05, 0.1) is 7.11 Å². The van der Waals surface area contributed by atoms with E-state index in [1.165, 1.54) is 0 Å². The third-order valence-corrected chi connectivity index (χ3v) is 3.44. The number of ether oxygens (including phenoxy) is 1. The number of rotatable bonds is 5. The molecule has 0 radical (unpaired) electrons. The molecule has 0 heterocycles. The van der Waals surface area contributed by atoms with Crippen LogP contribution in [0.3, 0.4) is 0 Å². The average Bonchev–Trinajstić information content (AvgIpc) is 2.48. The summed E-state index contributed by atoms with van der Waals surface area (Å²) in [5.74, 6) is 0.772. The van der Waals surface area contributed by atoms with Gasteiger partial charge in [0.1, 0.15) is 5.75 Å². The number of carbonyl (C=O) groups excluding carboxylic acids is 1. The van der Waals surface area contributed by atoms with Gasteiger partial charge in [0.15, 0.2) is 5.78 Å². The lowest BCUT2D eigenvalue weighted by atomic mass is 10.1. The van der Waals surface area contributed by atoms with Crippen molar-refractivity contribution in [1.82, 2.24) is 0 Å². The van der Waals surface area contributed by atoms with E-state index in [4.69, 9.17) is 4.74 Å². The first-order valence-electron chi connectivity index (χ1n) is 6.48. The quantitative estimate of drug-likeness (QED) is 0.632. The van der Waals surface area contributed by atoms with Crippen LogP contribution in [0, 0.1) is 0 Å². The first-order chi connectivity index (χ1) is 10.1. The van der Waals surface area contributed by atoms with Gasteiger partial charge in [0, 0.05) is 27.5 Å². The van der Waals surface area contributed by atoms with Crippen LogP contribution in [0.2, 0.25) is 0 Å². The molecule has 0 aliphatic carbocycles. The zero-order chi connectivity index (χ0) is 15.2. The van der Waals surface area contributed by atoms with E-state index in [0.29, 0.717) is 5.56 Å². The fourth-order valence-electron chi connectivity index (χ4n) is 1.83. The molecule has 1 N–H and O–H groups in total. The predicted octanol–water partition coefficient (Wildman–Crippen LogP) is 4.66. The molecule has 4 heteroatoms. The Bertz CT molecular complexity index is 645. The summed E-state index contributed by atoms with van der Waals surface area (Å²) >= 11 is 3.35. The van der Waals surface area contributed by atoms with Gasteiger partial charge in [-0.05, 0) is 55.5 Å². The Morgan fingerprint density at radius 3 is 2.29 bits per heavy atom. The Kier molecular flexibility index (Phi) is 5.17. The summed E-state index contributed by atoms with van der Waals surface area (Å²) in [6.07, 6.45) is 1.59. The lowest BCUT2D eigenvalue weighted by molar-refractivity contribution is 0.104. The van der Waals surface area contributed by atoms with Crippen molar-refractivity contribution in [2.45, 2.75) is 6.92 Å². The van der Waals surface area contributed by atoms with Gasteiger partial charge in [-0.1, -0.05) is 15.9 Å². The summed E-state index contributed by atoms with van der Waals surface area (Å²) in [5, 5.41) is 3.18. The maximum absolute atomic E-state index is 12.1. The van der Waals surface area contributed by atoms with Gasteiger partial charge in [0.25, 0.3) is 0 Å². The van der Waals surface area contributed by atoms with Crippen LogP contribution in [0.1, 0.15) is 17.3 Å². The molecular weight excluding hydrogens is 330 g/mol. The zero-order valence-corrected chi connectivity index (χ0v) is 13.5. The molecule has 0 atom stereocenters. The second-order valence-corrected chi connectivity index (χ2v) is 5.47. The minimum Gasteiger partial charge on any atom is -0.497 e. The molecule has 0 aromatic heterocycles. The molecule has 0 bridgehead atoms. The molecule has 0 saturated carbocycles. The molecule has 0 fully saturated rings. The van der Waals surface area contributed by atoms with Crippen molar-refractivity contribution in [3.05, 3.63) is 70.3 Å². The van der Waals surface area contributed by atoms with Crippen molar-refractivity contribution in [2.75, 3.05) is 12.4 Å². The molecule has 21 heavy (non-hydrogen) atoms. The van der Waals surface area contributed by atoms with Crippen molar-refractivity contribution < 1.29 is 9.53 Å². The van der Waals surface area contributed by atoms with Crippen molar-refractivity contribution in [2.24, 2.45) is 0 Å². The smallest absolute Gasteiger partial charge is 0.187 e. The van der Waals surface area contributed by atoms with Crippen molar-refractivity contribution in [3.8, 4) is 5.75 Å². The lowest BCUT2D eigenvalue weighted by Gasteiger charge is -2.07. The Morgan fingerprint density at radius 2 is 1.71 bits per heavy atom. The van der Waals surface area contributed by atoms with Crippen molar-refractivity contribution >= 4 is 27.4 Å². The van der Waals surface area contributed by atoms with Crippen molar-refractivity contribution in [3.63, 3.8) is 0 Å². The highest BCUT2D eigenvalue weighted by atomic mass is 79.9. The SMILES string of the molecule is COc1ccc(N/C(C)=C/C(=O)c2ccc(Br)cc2)cc1. The van der Waals surface area contributed by atoms with Crippen molar-refractivity contribution in [1.29, 1.82) is 0 Å². The molecule has 0 aliphatic rings. The fourth-order valence-corrected chi connectivity index (χ4v) is 2.10. The average molecular weight is 346 g/mol. The summed E-state index contributed by atoms with van der Waals surface area (Å²) in [6.45, 7) is 1.86. The molecule has 108 valence electrons. The van der Waals surface area contributed by atoms with Gasteiger partial charge in [-0.2, -0.15) is 0 Å². The number of allylic oxidation sites excluding steroid dienone is 2. The van der Waals surface area contributed by atoms with E-state index < -0.39 is 0 Å². The second kappa shape index (κ2) is 7.09. The standard InChI is InChI=1S/C17H16BrNO2/c1-12(19-15-7-9-16(21-2)10-8-15)11-17(20)13-3-5-14(18)6-4-13/h3-11,19H,1-2H3/b12-11+. The molecule has 2 rings (SSSR count). The van der Waals surface area contributed by atoms with E-state index in [1.54, 1.807) is 25.3 Å². The Labute approximate surface area is 132 Å². The Hall–Kier alpha value is -2.07. The van der Waals surface area contributed by atoms with E-state index >= 15 is 0 Å². The highest BCUT2D eigenvalue weighted by Crippen LogP contribution is 2.17. The predicted molar refractivity (Wildman–Crippen MR) is 88.8 cm³/mol. The van der Waals surface area contributed by atoms with Crippen LogP contribution in [0.25, 0.3) is 0 Å². The van der Waals surface area contributed by atoms with Crippen LogP contribution in [0.15, 0.2) is 64.8 Å². The minimum absolute atomic E-state index is 0.0268. The van der Waals surface area contributed by atoms with Gasteiger partial charge in [-0.25, -0.2) is 0 Å². The molecule has 2 aromatic carbocycles. The molecular formula is C17H16BrNO2. The molecule has 0 aliphatic heterocycles. The van der Waals surface area contributed by atoms with Crippen LogP contribution in [0.4, 0.5) is 5.69 Å². The van der Waals surface area contributed by atoms with Crippen LogP contribution in [-0.4, -0.2) is 12.9 Å². The summed E-state index contributed by atoms with van der Waals surface area (Å²) in [7, 11) is 1.63. The molecule has 3 nitrogen and oxygen atoms in total. The molecule has 0 spiro atoms. The van der Waals surface area contributed by atoms with E-state index in [0.717, 1.165) is 21.6 Å². The summed E-state index contributed by atoms with van der Waals surface area (Å²) in [6, 6.07) is 14.8. The summed E-state index contributed by atoms with van der Waals surface area (Å²) in [5.41, 5.74) is 2.36. The topological polar surface area (TPSA) is 38.3 Å². The fraction of sp³-hybridized carbons (Fsp3) is 0.118. The molecule has 0 unspecified atom stereocenters. The van der Waals surface area contributed by atoms with E-state index in [2.05, 4.69) is 21.2 Å². The number of anilines is 1. The minimum atomic E-state index is -0.0268. The number of nitrogens with one attached hydrogen (secondary N) is 1. The number of benzene rings is 2. The van der Waals surface area contributed by atoms with E-state index in [1.807, 2.05) is 43.3 Å². The maximum atomic E-state index is 12.1. The normalized spacial score (nSPS) is 11.1. The largest absolute Gasteiger partial charge is 0.497 e. The Balaban J connectivity index is 2.05. The number of ketones is 1. The maximum Gasteiger partial charge on any atom is 0.187 e. The molecule has 0 amide bonds. The monoisotopic (exact) mass is 345 g/mol. The van der Waals surface area contributed by atoms with Crippen LogP contribution in [0.5, 0.6) is 5.75 Å². The number of methoxy groups -OCH3 is 1. The van der Waals surface area contributed by atoms with E-state index in [-0.39, 0.29) is 5.78 Å². The number of hydrogen-bond donors (Lipinski definition) is 1. The molecule has 0 saturated heterocycles. The number of carbonyl (C=O) groups is 1. The van der Waals surface area contributed by atoms with E-state index in [9.17, 15) is 4.79 Å². The summed E-state index contributed by atoms with van der Waals surface area (Å²) in [4.78, 5) is 12.1. The van der Waals surface area contributed by atoms with Gasteiger partial charge >= 0.3 is 0 Å². The first kappa shape index (κ1) is 15.3. The Morgan fingerprint density at radius 1 is 1.10 bits per heavy atom. The van der Waals surface area contributed by atoms with Gasteiger partial charge in [0.2, 0.25) is 0 Å². The highest BCUT2D eigenvalue weighted by molar-refractivity contribution is 9.10. The lowest BCUT2D eigenvalue weighted by Crippen LogP contribution is -2.01. The van der Waals surface area contributed by atoms with Gasteiger partial charge < -0.3 is 10.1 Å². The van der Waals surface area contributed by atoms with Crippen LogP contribution >= 0.6 is 15.9 Å². The second-order valence-electron chi connectivity index (χ2n) is 4.55. The molecule has 2 aromatic rings.